The molecular formula is C9H11NO. The number of ether oxygens (including phenoxy) is 1. The lowest BCUT2D eigenvalue weighted by Crippen LogP contribution is -2.27. The summed E-state index contributed by atoms with van der Waals surface area (Å²) in [5.74, 6) is 1.28. The molecule has 3 fully saturated rings. The maximum Gasteiger partial charge on any atom is 0.0888 e. The Bertz CT molecular complexity index is 257. The monoisotopic (exact) mass is 149 g/mol. The zero-order valence-electron chi connectivity index (χ0n) is 6.58. The summed E-state index contributed by atoms with van der Waals surface area (Å²) in [7, 11) is 0. The Morgan fingerprint density at radius 1 is 1.55 bits per heavy atom. The van der Waals surface area contributed by atoms with E-state index in [1.54, 1.807) is 0 Å². The minimum Gasteiger partial charge on any atom is -0.369 e. The largest absolute Gasteiger partial charge is 0.369 e. The molecule has 2 nitrogen and oxygen atoms in total. The van der Waals surface area contributed by atoms with E-state index in [0.29, 0.717) is 18.1 Å². The van der Waals surface area contributed by atoms with Crippen LogP contribution < -0.4 is 0 Å². The molecule has 3 rings (SSSR count). The summed E-state index contributed by atoms with van der Waals surface area (Å²) >= 11 is 0. The highest BCUT2D eigenvalue weighted by atomic mass is 16.6. The first kappa shape index (κ1) is 6.02. The van der Waals surface area contributed by atoms with Crippen LogP contribution in [0.5, 0.6) is 0 Å². The van der Waals surface area contributed by atoms with Gasteiger partial charge < -0.3 is 4.74 Å². The Balaban J connectivity index is 1.99. The molecule has 58 valence electrons. The second-order valence-corrected chi connectivity index (χ2v) is 4.40. The van der Waals surface area contributed by atoms with E-state index in [9.17, 15) is 0 Å². The van der Waals surface area contributed by atoms with Gasteiger partial charge in [-0.1, -0.05) is 0 Å². The highest BCUT2D eigenvalue weighted by Gasteiger charge is 2.67. The van der Waals surface area contributed by atoms with Gasteiger partial charge in [-0.2, -0.15) is 5.26 Å². The van der Waals surface area contributed by atoms with Crippen molar-refractivity contribution in [3.05, 3.63) is 0 Å². The fourth-order valence-corrected chi connectivity index (χ4v) is 3.08. The molecule has 2 bridgehead atoms. The first-order chi connectivity index (χ1) is 5.24. The van der Waals surface area contributed by atoms with Gasteiger partial charge in [-0.25, -0.2) is 0 Å². The van der Waals surface area contributed by atoms with Crippen LogP contribution in [-0.2, 0) is 4.74 Å². The number of nitrogens with zero attached hydrogens (tertiary/aromatic N) is 1. The molecule has 0 aromatic carbocycles. The number of rotatable bonds is 0. The van der Waals surface area contributed by atoms with Gasteiger partial charge >= 0.3 is 0 Å². The van der Waals surface area contributed by atoms with Crippen LogP contribution in [-0.4, -0.2) is 12.2 Å². The van der Waals surface area contributed by atoms with Crippen molar-refractivity contribution in [1.29, 1.82) is 5.26 Å². The Kier molecular flexibility index (Phi) is 0.803. The third-order valence-corrected chi connectivity index (χ3v) is 3.74. The van der Waals surface area contributed by atoms with Crippen LogP contribution in [0.1, 0.15) is 19.8 Å². The lowest BCUT2D eigenvalue weighted by molar-refractivity contribution is 0.230. The van der Waals surface area contributed by atoms with Gasteiger partial charge in [0.05, 0.1) is 23.7 Å². The van der Waals surface area contributed by atoms with Crippen molar-refractivity contribution in [2.75, 3.05) is 0 Å². The quantitative estimate of drug-likeness (QED) is 0.487. The van der Waals surface area contributed by atoms with Gasteiger partial charge in [0.1, 0.15) is 0 Å². The van der Waals surface area contributed by atoms with Crippen molar-refractivity contribution < 1.29 is 4.74 Å². The van der Waals surface area contributed by atoms with Crippen LogP contribution in [0.4, 0.5) is 0 Å². The maximum absolute atomic E-state index is 8.98. The van der Waals surface area contributed by atoms with E-state index in [2.05, 4.69) is 13.0 Å². The average molecular weight is 149 g/mol. The third kappa shape index (κ3) is 0.530. The minimum absolute atomic E-state index is 0.0532. The summed E-state index contributed by atoms with van der Waals surface area (Å²) < 4.78 is 5.49. The Hall–Kier alpha value is -0.550. The molecule has 1 saturated heterocycles. The van der Waals surface area contributed by atoms with Crippen molar-refractivity contribution >= 4 is 0 Å². The van der Waals surface area contributed by atoms with Crippen molar-refractivity contribution in [2.24, 2.45) is 17.3 Å². The number of hydrogen-bond acceptors (Lipinski definition) is 2. The number of hydrogen-bond donors (Lipinski definition) is 0. The van der Waals surface area contributed by atoms with Crippen LogP contribution in [0.15, 0.2) is 0 Å². The molecule has 1 aliphatic heterocycles. The zero-order valence-corrected chi connectivity index (χ0v) is 6.58. The van der Waals surface area contributed by atoms with Crippen molar-refractivity contribution in [2.45, 2.75) is 32.0 Å². The van der Waals surface area contributed by atoms with Gasteiger partial charge in [-0.05, 0) is 25.7 Å². The summed E-state index contributed by atoms with van der Waals surface area (Å²) in [6.07, 6.45) is 3.36. The van der Waals surface area contributed by atoms with Crippen LogP contribution in [0.25, 0.3) is 0 Å². The smallest absolute Gasteiger partial charge is 0.0888 e. The Labute approximate surface area is 66.1 Å². The fourth-order valence-electron chi connectivity index (χ4n) is 3.08. The molecule has 0 radical (unpaired) electrons. The molecule has 3 aliphatic rings. The molecule has 2 aliphatic carbocycles. The zero-order chi connectivity index (χ0) is 7.64. The predicted octanol–water partition coefficient (Wildman–Crippen LogP) is 1.32. The van der Waals surface area contributed by atoms with Gasteiger partial charge in [0.15, 0.2) is 0 Å². The van der Waals surface area contributed by atoms with E-state index in [1.165, 1.54) is 6.42 Å². The third-order valence-electron chi connectivity index (χ3n) is 3.74. The van der Waals surface area contributed by atoms with E-state index in [4.69, 9.17) is 10.00 Å². The Morgan fingerprint density at radius 3 is 2.91 bits per heavy atom. The summed E-state index contributed by atoms with van der Waals surface area (Å²) in [6, 6.07) is 2.45. The number of fused-ring (bicyclic) bond motifs is 5. The van der Waals surface area contributed by atoms with E-state index < -0.39 is 0 Å². The SMILES string of the molecule is C[C@@]1(C#N)C[C@@H]2C[C@H]1[C@@H]1O[C@@H]21. The van der Waals surface area contributed by atoms with Crippen molar-refractivity contribution in [3.8, 4) is 6.07 Å². The molecule has 11 heavy (non-hydrogen) atoms. The molecule has 0 N–H and O–H groups in total. The highest BCUT2D eigenvalue weighted by molar-refractivity contribution is 5.20. The average Bonchev–Trinajstić information content (AvgIpc) is 2.65. The predicted molar refractivity (Wildman–Crippen MR) is 38.6 cm³/mol. The molecule has 5 atom stereocenters. The first-order valence-electron chi connectivity index (χ1n) is 4.31. The highest BCUT2D eigenvalue weighted by Crippen LogP contribution is 2.63. The van der Waals surface area contributed by atoms with Crippen LogP contribution >= 0.6 is 0 Å². The van der Waals surface area contributed by atoms with Gasteiger partial charge in [-0.3, -0.25) is 0 Å². The van der Waals surface area contributed by atoms with E-state index in [-0.39, 0.29) is 5.41 Å². The lowest BCUT2D eigenvalue weighted by atomic mass is 9.76. The summed E-state index contributed by atoms with van der Waals surface area (Å²) in [5.41, 5.74) is -0.0532. The molecule has 0 aromatic rings. The Morgan fingerprint density at radius 2 is 2.36 bits per heavy atom. The lowest BCUT2D eigenvalue weighted by Gasteiger charge is -2.23. The first-order valence-corrected chi connectivity index (χ1v) is 4.31. The van der Waals surface area contributed by atoms with Crippen molar-refractivity contribution in [3.63, 3.8) is 0 Å². The fraction of sp³-hybridized carbons (Fsp3) is 0.889. The standard InChI is InChI=1S/C9H11NO/c1-9(4-10)3-5-2-6(9)8-7(5)11-8/h5-8H,2-3H2,1H3/t5-,6-,7-,8-,9-/m0/s1. The normalized spacial score (nSPS) is 64.0. The minimum atomic E-state index is -0.0532. The van der Waals surface area contributed by atoms with Crippen LogP contribution in [0.2, 0.25) is 0 Å². The molecule has 0 amide bonds. The second-order valence-electron chi connectivity index (χ2n) is 4.40. The van der Waals surface area contributed by atoms with Gasteiger partial charge in [-0.15, -0.1) is 0 Å². The summed E-state index contributed by atoms with van der Waals surface area (Å²) in [6.45, 7) is 2.09. The maximum atomic E-state index is 8.98. The molecular weight excluding hydrogens is 138 g/mol. The topological polar surface area (TPSA) is 36.3 Å². The molecule has 1 heterocycles. The number of nitriles is 1. The summed E-state index contributed by atoms with van der Waals surface area (Å²) in [5, 5.41) is 8.98. The van der Waals surface area contributed by atoms with E-state index in [0.717, 1.165) is 12.3 Å². The van der Waals surface area contributed by atoms with Crippen molar-refractivity contribution in [1.82, 2.24) is 0 Å². The molecule has 0 spiro atoms. The molecule has 0 unspecified atom stereocenters. The van der Waals surface area contributed by atoms with Crippen LogP contribution in [0.3, 0.4) is 0 Å². The molecule has 2 saturated carbocycles. The van der Waals surface area contributed by atoms with E-state index in [1.807, 2.05) is 0 Å². The second kappa shape index (κ2) is 1.47. The van der Waals surface area contributed by atoms with Gasteiger partial charge in [0, 0.05) is 5.92 Å². The summed E-state index contributed by atoms with van der Waals surface area (Å²) in [4.78, 5) is 0. The molecule has 0 aromatic heterocycles. The van der Waals surface area contributed by atoms with Crippen LogP contribution in [0, 0.1) is 28.6 Å². The van der Waals surface area contributed by atoms with Gasteiger partial charge in [0.2, 0.25) is 0 Å². The van der Waals surface area contributed by atoms with Gasteiger partial charge in [0.25, 0.3) is 0 Å². The molecule has 2 heteroatoms. The van der Waals surface area contributed by atoms with E-state index >= 15 is 0 Å². The number of epoxide rings is 1.